The number of rotatable bonds is 3. The van der Waals surface area contributed by atoms with Gasteiger partial charge in [0, 0.05) is 4.91 Å². The molecule has 0 saturated carbocycles. The van der Waals surface area contributed by atoms with Crippen LogP contribution in [0.3, 0.4) is 0 Å². The van der Waals surface area contributed by atoms with Gasteiger partial charge in [-0.1, -0.05) is 23.0 Å². The Morgan fingerprint density at radius 3 is 2.94 bits per heavy atom. The van der Waals surface area contributed by atoms with E-state index in [1.54, 1.807) is 0 Å². The first-order valence-corrected chi connectivity index (χ1v) is 4.67. The Hall–Kier alpha value is -2.64. The summed E-state index contributed by atoms with van der Waals surface area (Å²) in [4.78, 5) is 13.0. The van der Waals surface area contributed by atoms with Crippen LogP contribution >= 0.6 is 0 Å². The van der Waals surface area contributed by atoms with Gasteiger partial charge in [-0.2, -0.15) is 0 Å². The highest BCUT2D eigenvalue weighted by molar-refractivity contribution is 5.70. The Morgan fingerprint density at radius 1 is 1.53 bits per heavy atom. The summed E-state index contributed by atoms with van der Waals surface area (Å²) in [5.74, 6) is 4.16. The highest BCUT2D eigenvalue weighted by Crippen LogP contribution is 2.17. The zero-order valence-electron chi connectivity index (χ0n) is 8.79. The molecule has 0 aliphatic carbocycles. The van der Waals surface area contributed by atoms with E-state index in [1.807, 2.05) is 0 Å². The van der Waals surface area contributed by atoms with Crippen molar-refractivity contribution in [2.75, 3.05) is 6.54 Å². The first kappa shape index (κ1) is 12.4. The summed E-state index contributed by atoms with van der Waals surface area (Å²) in [6, 6.07) is 4.39. The van der Waals surface area contributed by atoms with Gasteiger partial charge in [0.05, 0.1) is 18.5 Å². The first-order valence-electron chi connectivity index (χ1n) is 4.67. The lowest BCUT2D eigenvalue weighted by Gasteiger charge is -2.00. The van der Waals surface area contributed by atoms with E-state index in [1.165, 1.54) is 18.2 Å². The number of hydrogen-bond donors (Lipinski definition) is 2. The average molecular weight is 231 g/mol. The molecular formula is C11H9N3O3. The highest BCUT2D eigenvalue weighted by atomic mass is 16.4. The number of carboxylic acids is 1. The number of carboxylic acid groups (broad SMARTS) is 1. The molecule has 0 unspecified atom stereocenters. The minimum Gasteiger partial charge on any atom is -0.507 e. The molecule has 0 heterocycles. The van der Waals surface area contributed by atoms with Crippen LogP contribution in [0.15, 0.2) is 23.3 Å². The zero-order valence-corrected chi connectivity index (χ0v) is 8.79. The number of phenols is 1. The maximum atomic E-state index is 10.5. The van der Waals surface area contributed by atoms with Crippen LogP contribution in [0.25, 0.3) is 10.4 Å². The molecule has 6 nitrogen and oxygen atoms in total. The molecule has 86 valence electrons. The lowest BCUT2D eigenvalue weighted by molar-refractivity contribution is -0.136. The van der Waals surface area contributed by atoms with Crippen LogP contribution in [0, 0.1) is 11.8 Å². The van der Waals surface area contributed by atoms with E-state index in [0.29, 0.717) is 11.1 Å². The Bertz CT molecular complexity index is 537. The molecule has 0 spiro atoms. The molecule has 0 bridgehead atoms. The number of azide groups is 1. The molecule has 0 aliphatic rings. The molecule has 17 heavy (non-hydrogen) atoms. The van der Waals surface area contributed by atoms with Crippen molar-refractivity contribution in [1.29, 1.82) is 0 Å². The fraction of sp³-hybridized carbons (Fsp3) is 0.182. The molecule has 0 aliphatic heterocycles. The van der Waals surface area contributed by atoms with Gasteiger partial charge in [-0.3, -0.25) is 4.79 Å². The van der Waals surface area contributed by atoms with Gasteiger partial charge in [0.2, 0.25) is 0 Å². The summed E-state index contributed by atoms with van der Waals surface area (Å²) in [7, 11) is 0. The number of aromatic hydroxyl groups is 1. The monoisotopic (exact) mass is 231 g/mol. The molecular weight excluding hydrogens is 222 g/mol. The van der Waals surface area contributed by atoms with Gasteiger partial charge in [0.25, 0.3) is 0 Å². The molecule has 1 aromatic carbocycles. The molecule has 0 atom stereocenters. The van der Waals surface area contributed by atoms with E-state index >= 15 is 0 Å². The van der Waals surface area contributed by atoms with Crippen LogP contribution < -0.4 is 0 Å². The standard InChI is InChI=1S/C11H9N3O3/c12-14-13-5-1-2-9-6-8(7-11(16)17)3-4-10(9)15/h3-4,6,15H,5,7H2,(H,16,17). The van der Waals surface area contributed by atoms with Gasteiger partial charge in [0.15, 0.2) is 0 Å². The largest absolute Gasteiger partial charge is 0.507 e. The second-order valence-electron chi connectivity index (χ2n) is 3.11. The van der Waals surface area contributed by atoms with Crippen molar-refractivity contribution >= 4 is 5.97 Å². The molecule has 0 aromatic heterocycles. The molecule has 6 heteroatoms. The fourth-order valence-electron chi connectivity index (χ4n) is 1.17. The summed E-state index contributed by atoms with van der Waals surface area (Å²) < 4.78 is 0. The number of benzene rings is 1. The molecule has 2 N–H and O–H groups in total. The van der Waals surface area contributed by atoms with Crippen molar-refractivity contribution in [3.8, 4) is 17.6 Å². The predicted octanol–water partition coefficient (Wildman–Crippen LogP) is 1.68. The number of hydrogen-bond acceptors (Lipinski definition) is 3. The van der Waals surface area contributed by atoms with Gasteiger partial charge >= 0.3 is 5.97 Å². The number of carbonyl (C=O) groups is 1. The van der Waals surface area contributed by atoms with Gasteiger partial charge in [-0.15, -0.1) is 0 Å². The summed E-state index contributed by atoms with van der Waals surface area (Å²) in [5.41, 5.74) is 8.90. The summed E-state index contributed by atoms with van der Waals surface area (Å²) in [5, 5.41) is 21.3. The third-order valence-electron chi connectivity index (χ3n) is 1.85. The molecule has 0 saturated heterocycles. The highest BCUT2D eigenvalue weighted by Gasteiger charge is 2.03. The number of nitrogens with zero attached hydrogens (tertiary/aromatic N) is 3. The first-order chi connectivity index (χ1) is 8.13. The lowest BCUT2D eigenvalue weighted by atomic mass is 10.1. The van der Waals surface area contributed by atoms with E-state index in [0.717, 1.165) is 0 Å². The van der Waals surface area contributed by atoms with Crippen LogP contribution in [0.2, 0.25) is 0 Å². The van der Waals surface area contributed by atoms with Crippen LogP contribution in [0.1, 0.15) is 11.1 Å². The molecule has 0 amide bonds. The number of phenolic OH excluding ortho intramolecular Hbond substituents is 1. The quantitative estimate of drug-likeness (QED) is 0.357. The topological polar surface area (TPSA) is 106 Å². The third-order valence-corrected chi connectivity index (χ3v) is 1.85. The normalized spacial score (nSPS) is 8.71. The Morgan fingerprint density at radius 2 is 2.29 bits per heavy atom. The van der Waals surface area contributed by atoms with Crippen molar-refractivity contribution in [3.63, 3.8) is 0 Å². The molecule has 1 aromatic rings. The van der Waals surface area contributed by atoms with E-state index in [-0.39, 0.29) is 18.7 Å². The van der Waals surface area contributed by atoms with E-state index in [2.05, 4.69) is 21.9 Å². The fourth-order valence-corrected chi connectivity index (χ4v) is 1.17. The van der Waals surface area contributed by atoms with E-state index in [9.17, 15) is 9.90 Å². The molecule has 1 rings (SSSR count). The molecule has 0 radical (unpaired) electrons. The predicted molar refractivity (Wildman–Crippen MR) is 60.3 cm³/mol. The summed E-state index contributed by atoms with van der Waals surface area (Å²) >= 11 is 0. The lowest BCUT2D eigenvalue weighted by Crippen LogP contribution is -2.00. The average Bonchev–Trinajstić information content (AvgIpc) is 2.28. The number of aliphatic carboxylic acids is 1. The van der Waals surface area contributed by atoms with E-state index < -0.39 is 5.97 Å². The van der Waals surface area contributed by atoms with E-state index in [4.69, 9.17) is 10.6 Å². The minimum absolute atomic E-state index is 0.000895. The van der Waals surface area contributed by atoms with Crippen molar-refractivity contribution < 1.29 is 15.0 Å². The van der Waals surface area contributed by atoms with Crippen molar-refractivity contribution in [2.24, 2.45) is 5.11 Å². The maximum absolute atomic E-state index is 10.5. The van der Waals surface area contributed by atoms with Gasteiger partial charge in [-0.25, -0.2) is 0 Å². The summed E-state index contributed by atoms with van der Waals surface area (Å²) in [6.07, 6.45) is -0.134. The second-order valence-corrected chi connectivity index (χ2v) is 3.11. The van der Waals surface area contributed by atoms with Crippen LogP contribution in [-0.2, 0) is 11.2 Å². The Labute approximate surface area is 97.1 Å². The van der Waals surface area contributed by atoms with Crippen molar-refractivity contribution in [2.45, 2.75) is 6.42 Å². The Kier molecular flexibility index (Phi) is 4.43. The van der Waals surface area contributed by atoms with Crippen LogP contribution in [0.5, 0.6) is 5.75 Å². The smallest absolute Gasteiger partial charge is 0.307 e. The molecule has 0 fully saturated rings. The summed E-state index contributed by atoms with van der Waals surface area (Å²) in [6.45, 7) is -0.000895. The van der Waals surface area contributed by atoms with Crippen molar-refractivity contribution in [1.82, 2.24) is 0 Å². The second kappa shape index (κ2) is 6.05. The zero-order chi connectivity index (χ0) is 12.7. The Balaban J connectivity index is 2.92. The van der Waals surface area contributed by atoms with Crippen LogP contribution in [0.4, 0.5) is 0 Å². The minimum atomic E-state index is -0.955. The van der Waals surface area contributed by atoms with Crippen LogP contribution in [-0.4, -0.2) is 22.7 Å². The van der Waals surface area contributed by atoms with Gasteiger partial charge in [-0.05, 0) is 23.2 Å². The van der Waals surface area contributed by atoms with Gasteiger partial charge < -0.3 is 10.2 Å². The van der Waals surface area contributed by atoms with Gasteiger partial charge in [0.1, 0.15) is 5.75 Å². The van der Waals surface area contributed by atoms with Crippen molar-refractivity contribution in [3.05, 3.63) is 39.8 Å². The maximum Gasteiger partial charge on any atom is 0.307 e. The SMILES string of the molecule is [N-]=[N+]=NCC#Cc1cc(CC(=O)O)ccc1O. The third kappa shape index (κ3) is 4.16.